The van der Waals surface area contributed by atoms with Crippen molar-refractivity contribution in [3.05, 3.63) is 48.2 Å². The molecule has 1 aromatic carbocycles. The Hall–Kier alpha value is -3.26. The van der Waals surface area contributed by atoms with Gasteiger partial charge in [-0.05, 0) is 68.3 Å². The molecular weight excluding hydrogens is 500 g/mol. The van der Waals surface area contributed by atoms with E-state index in [1.165, 1.54) is 0 Å². The molecule has 1 unspecified atom stereocenters. The molecule has 2 aromatic rings. The zero-order chi connectivity index (χ0) is 27.3. The molecule has 0 radical (unpaired) electrons. The number of likely N-dealkylation sites (tertiary alicyclic amines) is 1. The van der Waals surface area contributed by atoms with Gasteiger partial charge in [-0.2, -0.15) is 0 Å². The monoisotopic (exact) mass is 540 g/mol. The number of rotatable bonds is 6. The minimum Gasteiger partial charge on any atom is -0.354 e. The van der Waals surface area contributed by atoms with E-state index in [9.17, 15) is 9.59 Å². The minimum absolute atomic E-state index is 0.169. The summed E-state index contributed by atoms with van der Waals surface area (Å²) in [6.45, 7) is 6.31. The van der Waals surface area contributed by atoms with Gasteiger partial charge in [0.25, 0.3) is 5.91 Å². The molecule has 0 N–H and O–H groups in total. The van der Waals surface area contributed by atoms with Crippen LogP contribution in [0.2, 0.25) is 0 Å². The Balaban J connectivity index is 1.10. The van der Waals surface area contributed by atoms with Crippen LogP contribution < -0.4 is 4.90 Å². The van der Waals surface area contributed by atoms with Crippen molar-refractivity contribution in [3.63, 3.8) is 0 Å². The normalized spacial score (nSPS) is 24.8. The molecule has 40 heavy (non-hydrogen) atoms. The standard InChI is InChI=1S/C32H40N6O2/c1-35-16-18-36(19-17-35)28-20-27(10-14-33-28)24-4-6-25(7-5-24)29-34-32(12-2-3-13-32)31(40)38(29)22-23-11-15-37(21-23)30(39)26-8-9-26/h4-7,10,14,20,23,26H,2-3,8-9,11-13,15-19,21-22H2,1H3. The van der Waals surface area contributed by atoms with Gasteiger partial charge in [0.2, 0.25) is 5.91 Å². The summed E-state index contributed by atoms with van der Waals surface area (Å²) in [6.07, 6.45) is 8.73. The SMILES string of the molecule is CN1CCN(c2cc(-c3ccc(C4=NC5(CCCC5)C(=O)N4CC4CCN(C(=O)C5CC5)C4)cc3)ccn2)CC1. The van der Waals surface area contributed by atoms with E-state index in [1.54, 1.807) is 0 Å². The summed E-state index contributed by atoms with van der Waals surface area (Å²) >= 11 is 0. The maximum atomic E-state index is 13.8. The summed E-state index contributed by atoms with van der Waals surface area (Å²) in [6, 6.07) is 12.8. The fourth-order valence-corrected chi connectivity index (χ4v) is 6.98. The maximum absolute atomic E-state index is 13.8. The van der Waals surface area contributed by atoms with Crippen molar-refractivity contribution in [2.24, 2.45) is 16.8 Å². The molecule has 2 aliphatic carbocycles. The van der Waals surface area contributed by atoms with Crippen molar-refractivity contribution in [1.29, 1.82) is 0 Å². The van der Waals surface area contributed by atoms with Crippen molar-refractivity contribution in [3.8, 4) is 11.1 Å². The number of hydrogen-bond acceptors (Lipinski definition) is 6. The molecule has 7 rings (SSSR count). The van der Waals surface area contributed by atoms with Crippen LogP contribution >= 0.6 is 0 Å². The third-order valence-electron chi connectivity index (χ3n) is 9.66. The Morgan fingerprint density at radius 1 is 0.925 bits per heavy atom. The number of piperazine rings is 1. The average Bonchev–Trinajstić information content (AvgIpc) is 3.43. The lowest BCUT2D eigenvalue weighted by Crippen LogP contribution is -2.44. The molecule has 1 aromatic heterocycles. The fourth-order valence-electron chi connectivity index (χ4n) is 6.98. The molecule has 210 valence electrons. The van der Waals surface area contributed by atoms with E-state index < -0.39 is 5.54 Å². The van der Waals surface area contributed by atoms with E-state index in [0.29, 0.717) is 18.4 Å². The van der Waals surface area contributed by atoms with Gasteiger partial charge in [-0.3, -0.25) is 19.5 Å². The van der Waals surface area contributed by atoms with Gasteiger partial charge >= 0.3 is 0 Å². The van der Waals surface area contributed by atoms with Gasteiger partial charge in [0.05, 0.1) is 0 Å². The lowest BCUT2D eigenvalue weighted by atomic mass is 9.97. The zero-order valence-corrected chi connectivity index (χ0v) is 23.6. The van der Waals surface area contributed by atoms with Crippen molar-refractivity contribution in [1.82, 2.24) is 19.7 Å². The summed E-state index contributed by atoms with van der Waals surface area (Å²) in [5, 5.41) is 0. The third kappa shape index (κ3) is 4.80. The van der Waals surface area contributed by atoms with Crippen LogP contribution in [0.1, 0.15) is 50.5 Å². The fraction of sp³-hybridized carbons (Fsp3) is 0.562. The molecule has 8 nitrogen and oxygen atoms in total. The molecule has 2 amide bonds. The smallest absolute Gasteiger partial charge is 0.256 e. The van der Waals surface area contributed by atoms with Gasteiger partial charge in [-0.15, -0.1) is 0 Å². The van der Waals surface area contributed by atoms with Gasteiger partial charge in [-0.25, -0.2) is 4.98 Å². The second-order valence-corrected chi connectivity index (χ2v) is 12.6. The number of carbonyl (C=O) groups is 2. The summed E-state index contributed by atoms with van der Waals surface area (Å²) in [5.41, 5.74) is 2.70. The number of carbonyl (C=O) groups excluding carboxylic acids is 2. The Labute approximate surface area is 237 Å². The Kier molecular flexibility index (Phi) is 6.61. The van der Waals surface area contributed by atoms with Crippen molar-refractivity contribution in [2.45, 2.75) is 50.5 Å². The first-order chi connectivity index (χ1) is 19.5. The highest BCUT2D eigenvalue weighted by atomic mass is 16.2. The quantitative estimate of drug-likeness (QED) is 0.559. The molecule has 4 fully saturated rings. The number of nitrogens with zero attached hydrogens (tertiary/aromatic N) is 6. The number of benzene rings is 1. The van der Waals surface area contributed by atoms with E-state index in [4.69, 9.17) is 4.99 Å². The number of aromatic nitrogens is 1. The number of amides is 2. The van der Waals surface area contributed by atoms with Crippen LogP contribution in [0.4, 0.5) is 5.82 Å². The molecule has 2 saturated heterocycles. The van der Waals surface area contributed by atoms with Gasteiger partial charge in [0.1, 0.15) is 17.2 Å². The van der Waals surface area contributed by atoms with E-state index >= 15 is 0 Å². The van der Waals surface area contributed by atoms with Crippen molar-refractivity contribution in [2.75, 3.05) is 57.8 Å². The van der Waals surface area contributed by atoms with Gasteiger partial charge in [-0.1, -0.05) is 37.1 Å². The number of likely N-dealkylation sites (N-methyl/N-ethyl adjacent to an activating group) is 1. The molecule has 1 spiro atoms. The van der Waals surface area contributed by atoms with Crippen molar-refractivity contribution < 1.29 is 9.59 Å². The molecule has 5 aliphatic rings. The number of pyridine rings is 1. The average molecular weight is 541 g/mol. The maximum Gasteiger partial charge on any atom is 0.256 e. The molecule has 2 saturated carbocycles. The highest BCUT2D eigenvalue weighted by Crippen LogP contribution is 2.41. The first-order valence-electron chi connectivity index (χ1n) is 15.2. The first kappa shape index (κ1) is 25.7. The minimum atomic E-state index is -0.585. The van der Waals surface area contributed by atoms with E-state index in [-0.39, 0.29) is 11.8 Å². The first-order valence-corrected chi connectivity index (χ1v) is 15.2. The number of amidine groups is 1. The zero-order valence-electron chi connectivity index (χ0n) is 23.6. The Morgan fingerprint density at radius 3 is 2.38 bits per heavy atom. The van der Waals surface area contributed by atoms with Crippen LogP contribution in [0.15, 0.2) is 47.6 Å². The number of aliphatic imine (C=N–C) groups is 1. The second kappa shape index (κ2) is 10.3. The number of hydrogen-bond donors (Lipinski definition) is 0. The second-order valence-electron chi connectivity index (χ2n) is 12.6. The predicted octanol–water partition coefficient (Wildman–Crippen LogP) is 3.66. The van der Waals surface area contributed by atoms with Crippen LogP contribution in [0.25, 0.3) is 11.1 Å². The Morgan fingerprint density at radius 2 is 1.65 bits per heavy atom. The molecular formula is C32H40N6O2. The number of anilines is 1. The lowest BCUT2D eigenvalue weighted by molar-refractivity contribution is -0.131. The largest absolute Gasteiger partial charge is 0.354 e. The van der Waals surface area contributed by atoms with E-state index in [2.05, 4.69) is 58.2 Å². The van der Waals surface area contributed by atoms with Crippen LogP contribution in [0.5, 0.6) is 0 Å². The molecule has 4 heterocycles. The van der Waals surface area contributed by atoms with E-state index in [1.807, 2.05) is 16.0 Å². The van der Waals surface area contributed by atoms with Crippen molar-refractivity contribution >= 4 is 23.5 Å². The summed E-state index contributed by atoms with van der Waals surface area (Å²) < 4.78 is 0. The highest BCUT2D eigenvalue weighted by molar-refractivity contribution is 6.15. The molecule has 3 aliphatic heterocycles. The van der Waals surface area contributed by atoms with Gasteiger partial charge in [0.15, 0.2) is 0 Å². The molecule has 1 atom stereocenters. The summed E-state index contributed by atoms with van der Waals surface area (Å²) in [4.78, 5) is 45.0. The highest BCUT2D eigenvalue weighted by Gasteiger charge is 2.50. The molecule has 0 bridgehead atoms. The van der Waals surface area contributed by atoms with Gasteiger partial charge in [0, 0.05) is 63.5 Å². The van der Waals surface area contributed by atoms with Crippen LogP contribution in [0, 0.1) is 11.8 Å². The lowest BCUT2D eigenvalue weighted by Gasteiger charge is -2.33. The summed E-state index contributed by atoms with van der Waals surface area (Å²) in [7, 11) is 2.17. The predicted molar refractivity (Wildman–Crippen MR) is 156 cm³/mol. The van der Waals surface area contributed by atoms with Crippen LogP contribution in [0.3, 0.4) is 0 Å². The van der Waals surface area contributed by atoms with Crippen LogP contribution in [-0.2, 0) is 9.59 Å². The van der Waals surface area contributed by atoms with E-state index in [0.717, 1.165) is 113 Å². The Bertz CT molecular complexity index is 1300. The molecule has 8 heteroatoms. The summed E-state index contributed by atoms with van der Waals surface area (Å²) in [5.74, 6) is 2.89. The topological polar surface area (TPSA) is 72.3 Å². The van der Waals surface area contributed by atoms with Gasteiger partial charge < -0.3 is 14.7 Å². The third-order valence-corrected chi connectivity index (χ3v) is 9.66. The van der Waals surface area contributed by atoms with Crippen LogP contribution in [-0.4, -0.2) is 95.7 Å².